The van der Waals surface area contributed by atoms with Crippen molar-refractivity contribution in [3.63, 3.8) is 0 Å². The van der Waals surface area contributed by atoms with Gasteiger partial charge in [0.15, 0.2) is 0 Å². The van der Waals surface area contributed by atoms with Crippen LogP contribution in [-0.2, 0) is 4.79 Å². The Bertz CT molecular complexity index is 852. The topological polar surface area (TPSA) is 113 Å². The number of likely N-dealkylation sites (tertiary alicyclic amines) is 1. The highest BCUT2D eigenvalue weighted by Gasteiger charge is 2.55. The molecule has 1 saturated carbocycles. The van der Waals surface area contributed by atoms with Gasteiger partial charge in [-0.15, -0.1) is 5.10 Å². The Morgan fingerprint density at radius 3 is 2.92 bits per heavy atom. The van der Waals surface area contributed by atoms with Gasteiger partial charge in [0.25, 0.3) is 0 Å². The molecule has 1 aliphatic heterocycles. The summed E-state index contributed by atoms with van der Waals surface area (Å²) in [5, 5.41) is 23.7. The third kappa shape index (κ3) is 2.59. The lowest BCUT2D eigenvalue weighted by Crippen LogP contribution is -2.38. The van der Waals surface area contributed by atoms with Crippen LogP contribution in [0.25, 0.3) is 5.69 Å². The first kappa shape index (κ1) is 16.5. The number of carbonyl (C=O) groups is 2. The zero-order chi connectivity index (χ0) is 18.3. The van der Waals surface area contributed by atoms with Crippen molar-refractivity contribution in [1.82, 2.24) is 25.1 Å². The molecule has 9 heteroatoms. The van der Waals surface area contributed by atoms with Crippen molar-refractivity contribution in [2.24, 2.45) is 11.3 Å². The number of carboxylic acids is 1. The number of amides is 2. The first-order valence-electron chi connectivity index (χ1n) is 8.63. The fourth-order valence-corrected chi connectivity index (χ4v) is 4.15. The van der Waals surface area contributed by atoms with E-state index in [-0.39, 0.29) is 18.5 Å². The molecule has 9 nitrogen and oxygen atoms in total. The summed E-state index contributed by atoms with van der Waals surface area (Å²) in [6, 6.07) is 5.27. The van der Waals surface area contributed by atoms with Crippen molar-refractivity contribution in [2.45, 2.75) is 26.2 Å². The number of nitrogens with zero attached hydrogens (tertiary/aromatic N) is 5. The summed E-state index contributed by atoms with van der Waals surface area (Å²) in [5.74, 6) is -0.744. The van der Waals surface area contributed by atoms with Crippen LogP contribution in [0, 0.1) is 18.3 Å². The quantitative estimate of drug-likeness (QED) is 0.865. The zero-order valence-electron chi connectivity index (χ0n) is 14.4. The Morgan fingerprint density at radius 1 is 1.38 bits per heavy atom. The number of carbonyl (C=O) groups excluding carboxylic acids is 1. The van der Waals surface area contributed by atoms with Gasteiger partial charge in [-0.3, -0.25) is 4.79 Å². The summed E-state index contributed by atoms with van der Waals surface area (Å²) in [6.45, 7) is 2.66. The molecule has 1 aromatic heterocycles. The SMILES string of the molecule is Cc1ccc(-n2cnnn2)cc1NC(=O)N1C[C@@H]2CCC[C@@]2(C(=O)O)C1. The zero-order valence-corrected chi connectivity index (χ0v) is 14.4. The van der Waals surface area contributed by atoms with Gasteiger partial charge in [-0.25, -0.2) is 9.48 Å². The third-order valence-corrected chi connectivity index (χ3v) is 5.66. The molecule has 2 aromatic rings. The Kier molecular flexibility index (Phi) is 3.86. The average molecular weight is 356 g/mol. The number of rotatable bonds is 3. The minimum atomic E-state index is -0.785. The normalized spacial score (nSPS) is 24.5. The van der Waals surface area contributed by atoms with Gasteiger partial charge in [0.1, 0.15) is 6.33 Å². The molecule has 0 unspecified atom stereocenters. The van der Waals surface area contributed by atoms with E-state index in [1.54, 1.807) is 11.0 Å². The van der Waals surface area contributed by atoms with E-state index in [2.05, 4.69) is 20.8 Å². The van der Waals surface area contributed by atoms with Gasteiger partial charge < -0.3 is 15.3 Å². The van der Waals surface area contributed by atoms with Crippen LogP contribution in [0.1, 0.15) is 24.8 Å². The summed E-state index contributed by atoms with van der Waals surface area (Å²) in [6.07, 6.45) is 3.91. The van der Waals surface area contributed by atoms with Crippen LogP contribution in [-0.4, -0.2) is 55.3 Å². The van der Waals surface area contributed by atoms with Crippen LogP contribution in [0.3, 0.4) is 0 Å². The highest BCUT2D eigenvalue weighted by Crippen LogP contribution is 2.48. The minimum Gasteiger partial charge on any atom is -0.481 e. The molecule has 1 aliphatic carbocycles. The van der Waals surface area contributed by atoms with Gasteiger partial charge >= 0.3 is 12.0 Å². The number of anilines is 1. The van der Waals surface area contributed by atoms with Crippen molar-refractivity contribution in [1.29, 1.82) is 0 Å². The maximum atomic E-state index is 12.7. The smallest absolute Gasteiger partial charge is 0.321 e. The number of hydrogen-bond donors (Lipinski definition) is 2. The predicted molar refractivity (Wildman–Crippen MR) is 91.9 cm³/mol. The second-order valence-electron chi connectivity index (χ2n) is 7.11. The number of hydrogen-bond acceptors (Lipinski definition) is 5. The van der Waals surface area contributed by atoms with Crippen molar-refractivity contribution in [3.8, 4) is 5.69 Å². The fourth-order valence-electron chi connectivity index (χ4n) is 4.15. The number of nitrogens with one attached hydrogen (secondary N) is 1. The molecule has 2 aliphatic rings. The second-order valence-corrected chi connectivity index (χ2v) is 7.11. The van der Waals surface area contributed by atoms with E-state index in [1.165, 1.54) is 11.0 Å². The molecule has 136 valence electrons. The fraction of sp³-hybridized carbons (Fsp3) is 0.471. The largest absolute Gasteiger partial charge is 0.481 e. The summed E-state index contributed by atoms with van der Waals surface area (Å²) in [5.41, 5.74) is 1.52. The molecule has 2 amide bonds. The maximum absolute atomic E-state index is 12.7. The minimum absolute atomic E-state index is 0.0411. The number of fused-ring (bicyclic) bond motifs is 1. The molecule has 1 saturated heterocycles. The van der Waals surface area contributed by atoms with E-state index in [4.69, 9.17) is 0 Å². The van der Waals surface area contributed by atoms with E-state index >= 15 is 0 Å². The van der Waals surface area contributed by atoms with Crippen LogP contribution >= 0.6 is 0 Å². The Labute approximate surface area is 150 Å². The van der Waals surface area contributed by atoms with Gasteiger partial charge in [-0.1, -0.05) is 12.5 Å². The maximum Gasteiger partial charge on any atom is 0.321 e. The van der Waals surface area contributed by atoms with Crippen LogP contribution in [0.4, 0.5) is 10.5 Å². The molecule has 4 rings (SSSR count). The van der Waals surface area contributed by atoms with Crippen LogP contribution in [0.5, 0.6) is 0 Å². The first-order chi connectivity index (χ1) is 12.5. The molecule has 26 heavy (non-hydrogen) atoms. The summed E-state index contributed by atoms with van der Waals surface area (Å²) in [4.78, 5) is 26.1. The highest BCUT2D eigenvalue weighted by molar-refractivity contribution is 5.91. The highest BCUT2D eigenvalue weighted by atomic mass is 16.4. The Hall–Kier alpha value is -2.97. The number of aliphatic carboxylic acids is 1. The van der Waals surface area contributed by atoms with E-state index in [1.807, 2.05) is 19.1 Å². The summed E-state index contributed by atoms with van der Waals surface area (Å²) in [7, 11) is 0. The van der Waals surface area contributed by atoms with Crippen molar-refractivity contribution >= 4 is 17.7 Å². The number of aryl methyl sites for hydroxylation is 1. The molecule has 0 bridgehead atoms. The van der Waals surface area contributed by atoms with Crippen LogP contribution in [0.15, 0.2) is 24.5 Å². The van der Waals surface area contributed by atoms with Gasteiger partial charge in [-0.2, -0.15) is 0 Å². The van der Waals surface area contributed by atoms with Crippen molar-refractivity contribution in [2.75, 3.05) is 18.4 Å². The van der Waals surface area contributed by atoms with Crippen molar-refractivity contribution < 1.29 is 14.7 Å². The Balaban J connectivity index is 1.52. The van der Waals surface area contributed by atoms with Crippen molar-refractivity contribution in [3.05, 3.63) is 30.1 Å². The predicted octanol–water partition coefficient (Wildman–Crippen LogP) is 1.69. The molecular weight excluding hydrogens is 336 g/mol. The first-order valence-corrected chi connectivity index (χ1v) is 8.63. The molecule has 2 atom stereocenters. The van der Waals surface area contributed by atoms with Gasteiger partial charge in [0.2, 0.25) is 0 Å². The number of carboxylic acid groups (broad SMARTS) is 1. The summed E-state index contributed by atoms with van der Waals surface area (Å²) >= 11 is 0. The summed E-state index contributed by atoms with van der Waals surface area (Å²) < 4.78 is 1.51. The van der Waals surface area contributed by atoms with Gasteiger partial charge in [0, 0.05) is 18.8 Å². The van der Waals surface area contributed by atoms with Crippen LogP contribution < -0.4 is 5.32 Å². The van der Waals surface area contributed by atoms with E-state index in [0.29, 0.717) is 18.7 Å². The number of benzene rings is 1. The number of aromatic nitrogens is 4. The number of urea groups is 1. The molecule has 0 spiro atoms. The molecule has 2 N–H and O–H groups in total. The average Bonchev–Trinajstić information content (AvgIpc) is 3.32. The molecule has 1 aromatic carbocycles. The monoisotopic (exact) mass is 356 g/mol. The molecule has 0 radical (unpaired) electrons. The lowest BCUT2D eigenvalue weighted by molar-refractivity contribution is -0.149. The molecule has 2 heterocycles. The molecular formula is C17H20N6O3. The van der Waals surface area contributed by atoms with Crippen LogP contribution in [0.2, 0.25) is 0 Å². The van der Waals surface area contributed by atoms with E-state index < -0.39 is 11.4 Å². The van der Waals surface area contributed by atoms with Gasteiger partial charge in [-0.05, 0) is 53.8 Å². The van der Waals surface area contributed by atoms with E-state index in [0.717, 1.165) is 24.1 Å². The molecule has 2 fully saturated rings. The lowest BCUT2D eigenvalue weighted by atomic mass is 9.81. The Morgan fingerprint density at radius 2 is 2.23 bits per heavy atom. The van der Waals surface area contributed by atoms with Gasteiger partial charge in [0.05, 0.1) is 11.1 Å². The second kappa shape index (κ2) is 6.08. The van der Waals surface area contributed by atoms with E-state index in [9.17, 15) is 14.7 Å². The number of tetrazole rings is 1. The standard InChI is InChI=1S/C17H20N6O3/c1-11-4-5-13(23-10-18-20-21-23)7-14(11)19-16(26)22-8-12-3-2-6-17(12,9-22)15(24)25/h4-5,7,10,12H,2-3,6,8-9H2,1H3,(H,19,26)(H,24,25)/t12-,17+/m0/s1. The lowest BCUT2D eigenvalue weighted by Gasteiger charge is -2.23. The third-order valence-electron chi connectivity index (χ3n) is 5.66.